The molecule has 4 rings (SSSR count). The van der Waals surface area contributed by atoms with Crippen molar-refractivity contribution in [1.82, 2.24) is 14.8 Å². The van der Waals surface area contributed by atoms with E-state index in [-0.39, 0.29) is 0 Å². The maximum atomic E-state index is 5.42. The molecule has 1 aliphatic rings. The predicted octanol–water partition coefficient (Wildman–Crippen LogP) is 3.81. The molecule has 1 aromatic heterocycles. The average molecular weight is 378 g/mol. The van der Waals surface area contributed by atoms with Gasteiger partial charge in [0.15, 0.2) is 0 Å². The van der Waals surface area contributed by atoms with Crippen LogP contribution in [0, 0.1) is 6.92 Å². The first-order valence-electron chi connectivity index (χ1n) is 10.4. The van der Waals surface area contributed by atoms with Gasteiger partial charge in [0.1, 0.15) is 0 Å². The van der Waals surface area contributed by atoms with Crippen LogP contribution >= 0.6 is 0 Å². The van der Waals surface area contributed by atoms with Crippen LogP contribution in [0.5, 0.6) is 0 Å². The molecular weight excluding hydrogens is 346 g/mol. The summed E-state index contributed by atoms with van der Waals surface area (Å²) in [5.74, 6) is 0. The summed E-state index contributed by atoms with van der Waals surface area (Å²) in [5.41, 5.74) is 5.43. The van der Waals surface area contributed by atoms with Gasteiger partial charge >= 0.3 is 0 Å². The van der Waals surface area contributed by atoms with E-state index in [0.717, 1.165) is 52.5 Å². The number of hydrogen-bond donors (Lipinski definition) is 1. The maximum Gasteiger partial charge on any atom is 0.0594 e. The standard InChI is InChI=1S/C24H31N3O/c1-20-7-2-3-8-21(20)18-27-19-22(23-9-4-5-10-24(23)27)17-25-11-6-12-26-13-15-28-16-14-26/h2-5,7-10,19,25H,6,11-18H2,1H3. The lowest BCUT2D eigenvalue weighted by atomic mass is 10.1. The van der Waals surface area contributed by atoms with Gasteiger partial charge in [0.05, 0.1) is 13.2 Å². The monoisotopic (exact) mass is 377 g/mol. The van der Waals surface area contributed by atoms with Crippen molar-refractivity contribution in [3.8, 4) is 0 Å². The van der Waals surface area contributed by atoms with Gasteiger partial charge in [0, 0.05) is 43.3 Å². The first-order valence-corrected chi connectivity index (χ1v) is 10.4. The van der Waals surface area contributed by atoms with Crippen molar-refractivity contribution in [2.24, 2.45) is 0 Å². The lowest BCUT2D eigenvalue weighted by molar-refractivity contribution is 0.0374. The molecule has 4 nitrogen and oxygen atoms in total. The highest BCUT2D eigenvalue weighted by Crippen LogP contribution is 2.23. The summed E-state index contributed by atoms with van der Waals surface area (Å²) in [7, 11) is 0. The fourth-order valence-corrected chi connectivity index (χ4v) is 4.04. The van der Waals surface area contributed by atoms with Crippen molar-refractivity contribution in [2.45, 2.75) is 26.4 Å². The van der Waals surface area contributed by atoms with Crippen molar-refractivity contribution in [1.29, 1.82) is 0 Å². The molecule has 2 heterocycles. The molecule has 0 unspecified atom stereocenters. The van der Waals surface area contributed by atoms with Gasteiger partial charge in [-0.2, -0.15) is 0 Å². The minimum Gasteiger partial charge on any atom is -0.379 e. The van der Waals surface area contributed by atoms with E-state index in [0.29, 0.717) is 0 Å². The first kappa shape index (κ1) is 19.2. The first-order chi connectivity index (χ1) is 13.8. The van der Waals surface area contributed by atoms with Crippen LogP contribution in [-0.2, 0) is 17.8 Å². The van der Waals surface area contributed by atoms with E-state index >= 15 is 0 Å². The van der Waals surface area contributed by atoms with Crippen molar-refractivity contribution >= 4 is 10.9 Å². The van der Waals surface area contributed by atoms with Crippen LogP contribution in [0.15, 0.2) is 54.7 Å². The molecule has 1 N–H and O–H groups in total. The molecule has 0 amide bonds. The van der Waals surface area contributed by atoms with Gasteiger partial charge < -0.3 is 14.6 Å². The lowest BCUT2D eigenvalue weighted by Gasteiger charge is -2.26. The Labute approximate surface area is 168 Å². The number of nitrogens with zero attached hydrogens (tertiary/aromatic N) is 2. The minimum atomic E-state index is 0.883. The summed E-state index contributed by atoms with van der Waals surface area (Å²) in [4.78, 5) is 2.50. The average Bonchev–Trinajstić information content (AvgIpc) is 3.08. The topological polar surface area (TPSA) is 29.4 Å². The Morgan fingerprint density at radius 1 is 0.964 bits per heavy atom. The Kier molecular flexibility index (Phi) is 6.42. The second-order valence-electron chi connectivity index (χ2n) is 7.71. The summed E-state index contributed by atoms with van der Waals surface area (Å²) in [6, 6.07) is 17.4. The third kappa shape index (κ3) is 4.64. The number of morpholine rings is 1. The van der Waals surface area contributed by atoms with Crippen LogP contribution in [0.3, 0.4) is 0 Å². The molecule has 28 heavy (non-hydrogen) atoms. The molecule has 2 aromatic carbocycles. The van der Waals surface area contributed by atoms with E-state index in [1.54, 1.807) is 0 Å². The highest BCUT2D eigenvalue weighted by Gasteiger charge is 2.11. The second-order valence-corrected chi connectivity index (χ2v) is 7.71. The van der Waals surface area contributed by atoms with Crippen LogP contribution in [0.4, 0.5) is 0 Å². The smallest absolute Gasteiger partial charge is 0.0594 e. The molecule has 1 saturated heterocycles. The molecule has 0 spiro atoms. The van der Waals surface area contributed by atoms with Crippen LogP contribution in [-0.4, -0.2) is 48.9 Å². The lowest BCUT2D eigenvalue weighted by Crippen LogP contribution is -2.37. The Balaban J connectivity index is 1.38. The SMILES string of the molecule is Cc1ccccc1Cn1cc(CNCCCN2CCOCC2)c2ccccc21. The van der Waals surface area contributed by atoms with Crippen LogP contribution in [0.1, 0.15) is 23.1 Å². The molecule has 4 heteroatoms. The number of fused-ring (bicyclic) bond motifs is 1. The molecule has 0 aliphatic carbocycles. The second kappa shape index (κ2) is 9.37. The van der Waals surface area contributed by atoms with Crippen LogP contribution in [0.25, 0.3) is 10.9 Å². The molecule has 1 aliphatic heterocycles. The quantitative estimate of drug-likeness (QED) is 0.606. The largest absolute Gasteiger partial charge is 0.379 e. The van der Waals surface area contributed by atoms with Gasteiger partial charge in [-0.25, -0.2) is 0 Å². The third-order valence-corrected chi connectivity index (χ3v) is 5.72. The number of aromatic nitrogens is 1. The van der Waals surface area contributed by atoms with Gasteiger partial charge in [-0.15, -0.1) is 0 Å². The Hall–Kier alpha value is -2.14. The van der Waals surface area contributed by atoms with Gasteiger partial charge in [0.25, 0.3) is 0 Å². The molecule has 0 radical (unpaired) electrons. The summed E-state index contributed by atoms with van der Waals surface area (Å²) >= 11 is 0. The number of para-hydroxylation sites is 1. The van der Waals surface area contributed by atoms with E-state index in [4.69, 9.17) is 4.74 Å². The zero-order valence-electron chi connectivity index (χ0n) is 16.9. The fourth-order valence-electron chi connectivity index (χ4n) is 4.04. The number of rotatable bonds is 8. The molecule has 0 atom stereocenters. The molecule has 148 valence electrons. The minimum absolute atomic E-state index is 0.883. The van der Waals surface area contributed by atoms with Gasteiger partial charge in [0.2, 0.25) is 0 Å². The number of ether oxygens (including phenoxy) is 1. The zero-order chi connectivity index (χ0) is 19.2. The molecule has 1 fully saturated rings. The summed E-state index contributed by atoms with van der Waals surface area (Å²) in [6.45, 7) is 10.2. The van der Waals surface area contributed by atoms with E-state index in [9.17, 15) is 0 Å². The number of nitrogens with one attached hydrogen (secondary N) is 1. The van der Waals surface area contributed by atoms with Crippen LogP contribution in [0.2, 0.25) is 0 Å². The van der Waals surface area contributed by atoms with Gasteiger partial charge in [-0.1, -0.05) is 42.5 Å². The normalized spacial score (nSPS) is 15.3. The Morgan fingerprint density at radius 3 is 2.61 bits per heavy atom. The highest BCUT2D eigenvalue weighted by molar-refractivity contribution is 5.84. The van der Waals surface area contributed by atoms with Crippen molar-refractivity contribution in [3.05, 3.63) is 71.4 Å². The van der Waals surface area contributed by atoms with E-state index in [1.807, 2.05) is 0 Å². The highest BCUT2D eigenvalue weighted by atomic mass is 16.5. The summed E-state index contributed by atoms with van der Waals surface area (Å²) in [5, 5.41) is 5.01. The Morgan fingerprint density at radius 2 is 1.75 bits per heavy atom. The third-order valence-electron chi connectivity index (χ3n) is 5.72. The molecule has 0 saturated carbocycles. The van der Waals surface area contributed by atoms with Crippen molar-refractivity contribution in [3.63, 3.8) is 0 Å². The van der Waals surface area contributed by atoms with Crippen molar-refractivity contribution in [2.75, 3.05) is 39.4 Å². The fraction of sp³-hybridized carbons (Fsp3) is 0.417. The predicted molar refractivity (Wildman–Crippen MR) is 116 cm³/mol. The number of hydrogen-bond acceptors (Lipinski definition) is 3. The van der Waals surface area contributed by atoms with Gasteiger partial charge in [-0.05, 0) is 49.2 Å². The van der Waals surface area contributed by atoms with Crippen molar-refractivity contribution < 1.29 is 4.74 Å². The summed E-state index contributed by atoms with van der Waals surface area (Å²) in [6.07, 6.45) is 3.51. The number of aryl methyl sites for hydroxylation is 1. The molecule has 3 aromatic rings. The summed E-state index contributed by atoms with van der Waals surface area (Å²) < 4.78 is 7.81. The Bertz CT molecular complexity index is 896. The van der Waals surface area contributed by atoms with Crippen LogP contribution < -0.4 is 5.32 Å². The molecule has 0 bridgehead atoms. The zero-order valence-corrected chi connectivity index (χ0v) is 16.9. The maximum absolute atomic E-state index is 5.42. The van der Waals surface area contributed by atoms with E-state index in [1.165, 1.54) is 34.0 Å². The number of benzene rings is 2. The molecular formula is C24H31N3O. The van der Waals surface area contributed by atoms with Gasteiger partial charge in [-0.3, -0.25) is 4.90 Å². The van der Waals surface area contributed by atoms with E-state index in [2.05, 4.69) is 76.4 Å². The van der Waals surface area contributed by atoms with E-state index < -0.39 is 0 Å².